The Bertz CT molecular complexity index is 1110. The normalized spacial score (nSPS) is 18.0. The van der Waals surface area contributed by atoms with Crippen LogP contribution in [-0.4, -0.2) is 46.0 Å². The third-order valence-electron chi connectivity index (χ3n) is 5.57. The van der Waals surface area contributed by atoms with Crippen molar-refractivity contribution in [2.24, 2.45) is 0 Å². The summed E-state index contributed by atoms with van der Waals surface area (Å²) in [6, 6.07) is 11.2. The van der Waals surface area contributed by atoms with E-state index >= 15 is 0 Å². The summed E-state index contributed by atoms with van der Waals surface area (Å²) in [5.41, 5.74) is 1.99. The zero-order valence-corrected chi connectivity index (χ0v) is 18.1. The van der Waals surface area contributed by atoms with Gasteiger partial charge in [0.2, 0.25) is 5.91 Å². The molecule has 2 amide bonds. The molecule has 8 nitrogen and oxygen atoms in total. The molecular formula is C22H25N3O5S. The number of rotatable bonds is 6. The van der Waals surface area contributed by atoms with Crippen LogP contribution in [0.4, 0.5) is 11.4 Å². The highest BCUT2D eigenvalue weighted by atomic mass is 32.2. The first-order valence-corrected chi connectivity index (χ1v) is 11.8. The Morgan fingerprint density at radius 2 is 2.00 bits per heavy atom. The second-order valence-corrected chi connectivity index (χ2v) is 9.39. The molecule has 0 saturated carbocycles. The van der Waals surface area contributed by atoms with E-state index in [9.17, 15) is 18.0 Å². The number of anilines is 2. The Kier molecular flexibility index (Phi) is 5.97. The highest BCUT2D eigenvalue weighted by Gasteiger charge is 2.26. The third-order valence-corrected chi connectivity index (χ3v) is 6.93. The lowest BCUT2D eigenvalue weighted by atomic mass is 10.1. The van der Waals surface area contributed by atoms with Gasteiger partial charge in [0.1, 0.15) is 0 Å². The van der Waals surface area contributed by atoms with Crippen LogP contribution in [0.2, 0.25) is 0 Å². The van der Waals surface area contributed by atoms with Gasteiger partial charge < -0.3 is 15.0 Å². The summed E-state index contributed by atoms with van der Waals surface area (Å²) in [4.78, 5) is 26.1. The van der Waals surface area contributed by atoms with Crippen LogP contribution in [0.15, 0.2) is 47.4 Å². The number of fused-ring (bicyclic) bond motifs is 1. The van der Waals surface area contributed by atoms with E-state index < -0.39 is 10.0 Å². The summed E-state index contributed by atoms with van der Waals surface area (Å²) >= 11 is 0. The number of carbonyl (C=O) groups excluding carboxylic acids is 2. The number of hydrogen-bond acceptors (Lipinski definition) is 5. The SMILES string of the molecule is CC(=O)N1CCc2cc(S(=O)(=O)Nc3ccccc3C(=O)NC[C@H]3CCCO3)ccc21. The average molecular weight is 444 g/mol. The van der Waals surface area contributed by atoms with Gasteiger partial charge in [0, 0.05) is 32.3 Å². The van der Waals surface area contributed by atoms with Crippen LogP contribution >= 0.6 is 0 Å². The van der Waals surface area contributed by atoms with E-state index in [0.29, 0.717) is 26.1 Å². The van der Waals surface area contributed by atoms with Gasteiger partial charge in [-0.05, 0) is 55.2 Å². The minimum Gasteiger partial charge on any atom is -0.376 e. The van der Waals surface area contributed by atoms with Gasteiger partial charge >= 0.3 is 0 Å². The molecule has 2 aliphatic heterocycles. The topological polar surface area (TPSA) is 105 Å². The van der Waals surface area contributed by atoms with Gasteiger partial charge in [0.05, 0.1) is 22.3 Å². The fourth-order valence-electron chi connectivity index (χ4n) is 3.95. The number of benzene rings is 2. The highest BCUT2D eigenvalue weighted by molar-refractivity contribution is 7.92. The molecule has 2 aliphatic rings. The van der Waals surface area contributed by atoms with Crippen LogP contribution in [-0.2, 0) is 26.0 Å². The number of amides is 2. The van der Waals surface area contributed by atoms with Crippen molar-refractivity contribution >= 4 is 33.2 Å². The van der Waals surface area contributed by atoms with Crippen molar-refractivity contribution < 1.29 is 22.7 Å². The van der Waals surface area contributed by atoms with Crippen molar-refractivity contribution in [3.8, 4) is 0 Å². The first-order chi connectivity index (χ1) is 14.8. The van der Waals surface area contributed by atoms with Gasteiger partial charge in [-0.15, -0.1) is 0 Å². The Hall–Kier alpha value is -2.91. The quantitative estimate of drug-likeness (QED) is 0.713. The molecule has 0 unspecified atom stereocenters. The van der Waals surface area contributed by atoms with Gasteiger partial charge in [-0.1, -0.05) is 12.1 Å². The predicted octanol–water partition coefficient (Wildman–Crippen LogP) is 2.31. The maximum atomic E-state index is 13.0. The van der Waals surface area contributed by atoms with E-state index in [4.69, 9.17) is 4.74 Å². The second-order valence-electron chi connectivity index (χ2n) is 7.71. The van der Waals surface area contributed by atoms with Crippen LogP contribution in [0.1, 0.15) is 35.7 Å². The summed E-state index contributed by atoms with van der Waals surface area (Å²) in [7, 11) is -3.92. The van der Waals surface area contributed by atoms with E-state index in [2.05, 4.69) is 10.0 Å². The number of hydrogen-bond donors (Lipinski definition) is 2. The van der Waals surface area contributed by atoms with Gasteiger partial charge in [0.15, 0.2) is 0 Å². The molecule has 0 aliphatic carbocycles. The van der Waals surface area contributed by atoms with E-state index in [-0.39, 0.29) is 34.1 Å². The van der Waals surface area contributed by atoms with Crippen LogP contribution in [0.5, 0.6) is 0 Å². The minimum absolute atomic E-state index is 0.00575. The lowest BCUT2D eigenvalue weighted by Crippen LogP contribution is -2.32. The molecule has 1 fully saturated rings. The molecule has 9 heteroatoms. The molecule has 0 aromatic heterocycles. The van der Waals surface area contributed by atoms with Gasteiger partial charge in [-0.25, -0.2) is 8.42 Å². The van der Waals surface area contributed by atoms with E-state index in [1.165, 1.54) is 13.0 Å². The van der Waals surface area contributed by atoms with Crippen molar-refractivity contribution in [2.75, 3.05) is 29.3 Å². The third kappa shape index (κ3) is 4.57. The van der Waals surface area contributed by atoms with Crippen LogP contribution in [0.25, 0.3) is 0 Å². The molecule has 0 bridgehead atoms. The average Bonchev–Trinajstić information content (AvgIpc) is 3.41. The smallest absolute Gasteiger partial charge is 0.261 e. The summed E-state index contributed by atoms with van der Waals surface area (Å²) < 4.78 is 34.1. The van der Waals surface area contributed by atoms with Crippen LogP contribution in [0, 0.1) is 0 Å². The molecule has 2 aromatic carbocycles. The monoisotopic (exact) mass is 443 g/mol. The van der Waals surface area contributed by atoms with Gasteiger partial charge in [-0.3, -0.25) is 14.3 Å². The summed E-state index contributed by atoms with van der Waals surface area (Å²) in [5, 5.41) is 2.82. The number of ether oxygens (including phenoxy) is 1. The fourth-order valence-corrected chi connectivity index (χ4v) is 5.08. The van der Waals surface area contributed by atoms with E-state index in [0.717, 1.165) is 24.1 Å². The molecule has 2 heterocycles. The zero-order valence-electron chi connectivity index (χ0n) is 17.3. The van der Waals surface area contributed by atoms with Crippen LogP contribution in [0.3, 0.4) is 0 Å². The van der Waals surface area contributed by atoms with Crippen molar-refractivity contribution in [3.05, 3.63) is 53.6 Å². The maximum Gasteiger partial charge on any atom is 0.261 e. The molecule has 164 valence electrons. The zero-order chi connectivity index (χ0) is 22.0. The lowest BCUT2D eigenvalue weighted by Gasteiger charge is -2.16. The molecule has 1 saturated heterocycles. The Morgan fingerprint density at radius 3 is 2.74 bits per heavy atom. The molecular weight excluding hydrogens is 418 g/mol. The molecule has 31 heavy (non-hydrogen) atoms. The standard InChI is InChI=1S/C22H25N3O5S/c1-15(26)25-11-10-16-13-18(8-9-21(16)25)31(28,29)24-20-7-3-2-6-19(20)22(27)23-14-17-5-4-12-30-17/h2-3,6-9,13,17,24H,4-5,10-12,14H2,1H3,(H,23,27)/t17-/m1/s1. The first kappa shape index (κ1) is 21.3. The molecule has 2 N–H and O–H groups in total. The number of nitrogens with one attached hydrogen (secondary N) is 2. The lowest BCUT2D eigenvalue weighted by molar-refractivity contribution is -0.116. The minimum atomic E-state index is -3.92. The maximum absolute atomic E-state index is 13.0. The first-order valence-electron chi connectivity index (χ1n) is 10.3. The summed E-state index contributed by atoms with van der Waals surface area (Å²) in [6.45, 7) is 3.11. The molecule has 1 atom stereocenters. The molecule has 2 aromatic rings. The Balaban J connectivity index is 1.52. The molecule has 4 rings (SSSR count). The van der Waals surface area contributed by atoms with Gasteiger partial charge in [-0.2, -0.15) is 0 Å². The number of carbonyl (C=O) groups is 2. The van der Waals surface area contributed by atoms with Crippen LogP contribution < -0.4 is 14.9 Å². The summed E-state index contributed by atoms with van der Waals surface area (Å²) in [5.74, 6) is -0.435. The fraction of sp³-hybridized carbons (Fsp3) is 0.364. The Labute approximate surface area is 181 Å². The Morgan fingerprint density at radius 1 is 1.19 bits per heavy atom. The number of para-hydroxylation sites is 1. The van der Waals surface area contributed by atoms with Crippen molar-refractivity contribution in [3.63, 3.8) is 0 Å². The van der Waals surface area contributed by atoms with Gasteiger partial charge in [0.25, 0.3) is 15.9 Å². The van der Waals surface area contributed by atoms with Crippen molar-refractivity contribution in [1.82, 2.24) is 5.32 Å². The molecule has 0 spiro atoms. The van der Waals surface area contributed by atoms with E-state index in [1.54, 1.807) is 41.3 Å². The molecule has 0 radical (unpaired) electrons. The highest BCUT2D eigenvalue weighted by Crippen LogP contribution is 2.31. The summed E-state index contributed by atoms with van der Waals surface area (Å²) in [6.07, 6.45) is 2.46. The predicted molar refractivity (Wildman–Crippen MR) is 117 cm³/mol. The number of nitrogens with zero attached hydrogens (tertiary/aromatic N) is 1. The second kappa shape index (κ2) is 8.68. The largest absolute Gasteiger partial charge is 0.376 e. The van der Waals surface area contributed by atoms with Crippen molar-refractivity contribution in [2.45, 2.75) is 37.2 Å². The number of sulfonamides is 1. The van der Waals surface area contributed by atoms with E-state index in [1.807, 2.05) is 0 Å². The van der Waals surface area contributed by atoms with Crippen molar-refractivity contribution in [1.29, 1.82) is 0 Å².